The summed E-state index contributed by atoms with van der Waals surface area (Å²) in [6, 6.07) is 19.5. The number of aryl methyl sites for hydroxylation is 1. The molecule has 1 unspecified atom stereocenters. The molecule has 1 atom stereocenters. The van der Waals surface area contributed by atoms with Gasteiger partial charge in [0.15, 0.2) is 0 Å². The van der Waals surface area contributed by atoms with E-state index in [0.29, 0.717) is 36.0 Å². The fraction of sp³-hybridized carbons (Fsp3) is 0.312. The maximum atomic E-state index is 13.6. The molecule has 7 heteroatoms. The van der Waals surface area contributed by atoms with E-state index in [9.17, 15) is 14.7 Å². The fourth-order valence-electron chi connectivity index (χ4n) is 5.02. The average molecular weight is 529 g/mol. The van der Waals surface area contributed by atoms with Gasteiger partial charge in [-0.3, -0.25) is 14.5 Å². The van der Waals surface area contributed by atoms with Gasteiger partial charge in [-0.05, 0) is 82.1 Å². The van der Waals surface area contributed by atoms with Gasteiger partial charge in [-0.25, -0.2) is 0 Å². The van der Waals surface area contributed by atoms with Crippen LogP contribution in [0.2, 0.25) is 0 Å². The number of Topliss-reactive ketones (excluding diaryl/α,β-unsaturated/α-hetero) is 1. The van der Waals surface area contributed by atoms with Gasteiger partial charge in [-0.15, -0.1) is 0 Å². The van der Waals surface area contributed by atoms with E-state index < -0.39 is 17.7 Å². The van der Waals surface area contributed by atoms with Gasteiger partial charge in [0.25, 0.3) is 11.7 Å². The maximum absolute atomic E-state index is 13.6. The Kier molecular flexibility index (Phi) is 8.59. The lowest BCUT2D eigenvalue weighted by molar-refractivity contribution is -0.132. The number of hydrogen-bond acceptors (Lipinski definition) is 6. The Balaban J connectivity index is 1.92. The van der Waals surface area contributed by atoms with Gasteiger partial charge in [0, 0.05) is 30.5 Å². The Hall–Kier alpha value is -4.26. The van der Waals surface area contributed by atoms with Crippen LogP contribution in [0.15, 0.2) is 72.3 Å². The van der Waals surface area contributed by atoms with Gasteiger partial charge in [0.05, 0.1) is 30.4 Å². The van der Waals surface area contributed by atoms with Crippen LogP contribution >= 0.6 is 0 Å². The summed E-state index contributed by atoms with van der Waals surface area (Å²) in [7, 11) is 0. The van der Waals surface area contributed by atoms with E-state index in [4.69, 9.17) is 9.47 Å². The van der Waals surface area contributed by atoms with Crippen LogP contribution in [0, 0.1) is 6.92 Å². The third-order valence-electron chi connectivity index (χ3n) is 6.88. The number of ketones is 1. The molecule has 0 aliphatic carbocycles. The van der Waals surface area contributed by atoms with Crippen LogP contribution in [-0.4, -0.2) is 43.1 Å². The molecular formula is C32H36N2O5. The summed E-state index contributed by atoms with van der Waals surface area (Å²) in [6.45, 7) is 12.4. The molecule has 0 bridgehead atoms. The highest BCUT2D eigenvalue weighted by molar-refractivity contribution is 6.51. The number of benzene rings is 3. The quantitative estimate of drug-likeness (QED) is 0.190. The summed E-state index contributed by atoms with van der Waals surface area (Å²) < 4.78 is 11.4. The fourth-order valence-corrected chi connectivity index (χ4v) is 5.02. The second kappa shape index (κ2) is 12.1. The Bertz CT molecular complexity index is 1380. The number of carbonyl (C=O) groups excluding carboxylic acids is 2. The van der Waals surface area contributed by atoms with E-state index in [1.807, 2.05) is 63.2 Å². The van der Waals surface area contributed by atoms with E-state index in [1.54, 1.807) is 24.3 Å². The topological polar surface area (TPSA) is 79.3 Å². The van der Waals surface area contributed by atoms with E-state index >= 15 is 0 Å². The number of aliphatic hydroxyl groups excluding tert-OH is 1. The van der Waals surface area contributed by atoms with Gasteiger partial charge in [-0.1, -0.05) is 24.3 Å². The minimum atomic E-state index is -0.821. The van der Waals surface area contributed by atoms with Crippen molar-refractivity contribution in [3.05, 3.63) is 89.0 Å². The lowest BCUT2D eigenvalue weighted by Crippen LogP contribution is -2.29. The zero-order chi connectivity index (χ0) is 28.1. The van der Waals surface area contributed by atoms with E-state index in [0.717, 1.165) is 29.9 Å². The molecule has 3 aromatic rings. The van der Waals surface area contributed by atoms with E-state index in [-0.39, 0.29) is 11.3 Å². The van der Waals surface area contributed by atoms with Crippen molar-refractivity contribution >= 4 is 28.8 Å². The number of amides is 1. The van der Waals surface area contributed by atoms with Crippen LogP contribution in [0.3, 0.4) is 0 Å². The van der Waals surface area contributed by atoms with E-state index in [1.165, 1.54) is 4.90 Å². The molecule has 1 aliphatic heterocycles. The summed E-state index contributed by atoms with van der Waals surface area (Å²) in [5, 5.41) is 11.7. The number of carbonyl (C=O) groups is 2. The van der Waals surface area contributed by atoms with Gasteiger partial charge >= 0.3 is 0 Å². The molecule has 204 valence electrons. The third kappa shape index (κ3) is 5.48. The van der Waals surface area contributed by atoms with Crippen LogP contribution < -0.4 is 19.3 Å². The van der Waals surface area contributed by atoms with Crippen LogP contribution in [-0.2, 0) is 9.59 Å². The minimum Gasteiger partial charge on any atom is -0.507 e. The third-order valence-corrected chi connectivity index (χ3v) is 6.88. The lowest BCUT2D eigenvalue weighted by Gasteiger charge is -2.27. The van der Waals surface area contributed by atoms with Crippen molar-refractivity contribution in [1.29, 1.82) is 0 Å². The van der Waals surface area contributed by atoms with Crippen LogP contribution in [0.5, 0.6) is 11.5 Å². The van der Waals surface area contributed by atoms with Crippen molar-refractivity contribution in [2.24, 2.45) is 0 Å². The molecule has 0 aromatic heterocycles. The second-order valence-electron chi connectivity index (χ2n) is 9.30. The van der Waals surface area contributed by atoms with E-state index in [2.05, 4.69) is 18.7 Å². The number of hydrogen-bond donors (Lipinski definition) is 1. The van der Waals surface area contributed by atoms with Crippen molar-refractivity contribution in [1.82, 2.24) is 0 Å². The molecule has 1 saturated heterocycles. The normalized spacial score (nSPS) is 16.4. The Labute approximate surface area is 230 Å². The second-order valence-corrected chi connectivity index (χ2v) is 9.30. The SMILES string of the molecule is CCOc1ccc(/C(O)=C2/C(=O)C(=O)N(c3cccc(C)c3)C2c2ccc(N(CC)CC)cc2)c(OCC)c1. The molecule has 1 amide bonds. The molecule has 7 nitrogen and oxygen atoms in total. The van der Waals surface area contributed by atoms with Gasteiger partial charge < -0.3 is 19.5 Å². The summed E-state index contributed by atoms with van der Waals surface area (Å²) in [4.78, 5) is 30.8. The van der Waals surface area contributed by atoms with Gasteiger partial charge in [-0.2, -0.15) is 0 Å². The van der Waals surface area contributed by atoms with Gasteiger partial charge in [0.1, 0.15) is 17.3 Å². The van der Waals surface area contributed by atoms with Crippen molar-refractivity contribution in [3.8, 4) is 11.5 Å². The first-order chi connectivity index (χ1) is 18.8. The average Bonchev–Trinajstić information content (AvgIpc) is 3.20. The Morgan fingerprint density at radius 2 is 1.59 bits per heavy atom. The molecule has 3 aromatic carbocycles. The van der Waals surface area contributed by atoms with Gasteiger partial charge in [0.2, 0.25) is 0 Å². The molecule has 4 rings (SSSR count). The molecule has 1 aliphatic rings. The number of anilines is 2. The first kappa shape index (κ1) is 27.8. The molecule has 0 spiro atoms. The zero-order valence-corrected chi connectivity index (χ0v) is 23.2. The molecule has 1 fully saturated rings. The highest BCUT2D eigenvalue weighted by Crippen LogP contribution is 2.44. The monoisotopic (exact) mass is 528 g/mol. The first-order valence-electron chi connectivity index (χ1n) is 13.5. The van der Waals surface area contributed by atoms with Crippen LogP contribution in [0.1, 0.15) is 50.4 Å². The molecular weight excluding hydrogens is 492 g/mol. The number of aliphatic hydroxyl groups is 1. The van der Waals surface area contributed by atoms with Crippen molar-refractivity contribution in [3.63, 3.8) is 0 Å². The molecule has 39 heavy (non-hydrogen) atoms. The summed E-state index contributed by atoms with van der Waals surface area (Å²) in [6.07, 6.45) is 0. The molecule has 1 N–H and O–H groups in total. The number of rotatable bonds is 10. The maximum Gasteiger partial charge on any atom is 0.300 e. The smallest absolute Gasteiger partial charge is 0.300 e. The van der Waals surface area contributed by atoms with Crippen molar-refractivity contribution in [2.45, 2.75) is 40.7 Å². The summed E-state index contributed by atoms with van der Waals surface area (Å²) >= 11 is 0. The van der Waals surface area contributed by atoms with Crippen molar-refractivity contribution < 1.29 is 24.2 Å². The van der Waals surface area contributed by atoms with Crippen LogP contribution in [0.4, 0.5) is 11.4 Å². The lowest BCUT2D eigenvalue weighted by atomic mass is 9.94. The van der Waals surface area contributed by atoms with Crippen molar-refractivity contribution in [2.75, 3.05) is 36.1 Å². The molecule has 0 radical (unpaired) electrons. The number of ether oxygens (including phenoxy) is 2. The first-order valence-corrected chi connectivity index (χ1v) is 13.5. The number of nitrogens with zero attached hydrogens (tertiary/aromatic N) is 2. The minimum absolute atomic E-state index is 0.0159. The molecule has 1 heterocycles. The largest absolute Gasteiger partial charge is 0.507 e. The zero-order valence-electron chi connectivity index (χ0n) is 23.2. The standard InChI is InChI=1S/C32H36N2O5/c1-6-33(7-2)23-15-13-22(14-16-23)29-28(31(36)32(37)34(29)24-12-10-11-21(5)19-24)30(35)26-18-17-25(38-8-3)20-27(26)39-9-4/h10-20,29,35H,6-9H2,1-5H3/b30-28-. The highest BCUT2D eigenvalue weighted by atomic mass is 16.5. The Morgan fingerprint density at radius 3 is 2.21 bits per heavy atom. The predicted molar refractivity (Wildman–Crippen MR) is 155 cm³/mol. The summed E-state index contributed by atoms with van der Waals surface area (Å²) in [5.41, 5.74) is 3.65. The highest BCUT2D eigenvalue weighted by Gasteiger charge is 2.47. The molecule has 0 saturated carbocycles. The van der Waals surface area contributed by atoms with Crippen LogP contribution in [0.25, 0.3) is 5.76 Å². The predicted octanol–water partition coefficient (Wildman–Crippen LogP) is 6.26. The Morgan fingerprint density at radius 1 is 0.897 bits per heavy atom. The summed E-state index contributed by atoms with van der Waals surface area (Å²) in [5.74, 6) is -0.764.